The van der Waals surface area contributed by atoms with Crippen molar-refractivity contribution in [2.24, 2.45) is 5.92 Å². The summed E-state index contributed by atoms with van der Waals surface area (Å²) in [5.41, 5.74) is 1.45. The lowest BCUT2D eigenvalue weighted by Gasteiger charge is -2.25. The van der Waals surface area contributed by atoms with Crippen molar-refractivity contribution in [3.63, 3.8) is 0 Å². The molecular weight excluding hydrogens is 262 g/mol. The van der Waals surface area contributed by atoms with Crippen LogP contribution in [0.5, 0.6) is 0 Å². The first-order valence-corrected chi connectivity index (χ1v) is 8.40. The molecule has 1 saturated carbocycles. The molecule has 0 unspecified atom stereocenters. The molecular formula is C14H21NO3S. The maximum absolute atomic E-state index is 11.9. The van der Waals surface area contributed by atoms with Crippen molar-refractivity contribution in [2.45, 2.75) is 38.0 Å². The number of aliphatic hydroxyl groups is 1. The minimum Gasteiger partial charge on any atom is -0.392 e. The monoisotopic (exact) mass is 283 g/mol. The molecule has 0 amide bonds. The largest absolute Gasteiger partial charge is 0.392 e. The molecule has 0 aliphatic heterocycles. The highest BCUT2D eigenvalue weighted by Gasteiger charge is 2.18. The quantitative estimate of drug-likeness (QED) is 0.801. The second-order valence-electron chi connectivity index (χ2n) is 5.22. The van der Waals surface area contributed by atoms with Gasteiger partial charge in [0, 0.05) is 6.54 Å². The Labute approximate surface area is 114 Å². The third kappa shape index (κ3) is 4.60. The predicted octanol–water partition coefficient (Wildman–Crippen LogP) is 1.79. The van der Waals surface area contributed by atoms with Gasteiger partial charge in [-0.25, -0.2) is 13.1 Å². The Hall–Kier alpha value is -0.910. The zero-order valence-electron chi connectivity index (χ0n) is 11.0. The van der Waals surface area contributed by atoms with E-state index in [1.54, 1.807) is 24.3 Å². The van der Waals surface area contributed by atoms with Crippen LogP contribution < -0.4 is 4.72 Å². The molecule has 2 rings (SSSR count). The number of benzene rings is 1. The zero-order valence-corrected chi connectivity index (χ0v) is 11.8. The predicted molar refractivity (Wildman–Crippen MR) is 74.9 cm³/mol. The first kappa shape index (κ1) is 14.5. The molecule has 5 heteroatoms. The van der Waals surface area contributed by atoms with E-state index in [-0.39, 0.29) is 12.4 Å². The summed E-state index contributed by atoms with van der Waals surface area (Å²) < 4.78 is 26.5. The van der Waals surface area contributed by atoms with Crippen molar-refractivity contribution in [3.8, 4) is 0 Å². The highest BCUT2D eigenvalue weighted by molar-refractivity contribution is 7.88. The van der Waals surface area contributed by atoms with Crippen molar-refractivity contribution in [3.05, 3.63) is 35.4 Å². The van der Waals surface area contributed by atoms with E-state index >= 15 is 0 Å². The zero-order chi connectivity index (χ0) is 13.7. The first-order chi connectivity index (χ1) is 9.09. The molecule has 0 atom stereocenters. The van der Waals surface area contributed by atoms with E-state index in [1.807, 2.05) is 0 Å². The van der Waals surface area contributed by atoms with E-state index in [9.17, 15) is 8.42 Å². The van der Waals surface area contributed by atoms with Crippen molar-refractivity contribution >= 4 is 10.0 Å². The van der Waals surface area contributed by atoms with Crippen LogP contribution >= 0.6 is 0 Å². The summed E-state index contributed by atoms with van der Waals surface area (Å²) in [6, 6.07) is 7.04. The Morgan fingerprint density at radius 1 is 1.26 bits per heavy atom. The van der Waals surface area contributed by atoms with E-state index in [0.29, 0.717) is 18.0 Å². The van der Waals surface area contributed by atoms with Gasteiger partial charge in [0.1, 0.15) is 0 Å². The van der Waals surface area contributed by atoms with Crippen LogP contribution in [0.25, 0.3) is 0 Å². The topological polar surface area (TPSA) is 66.4 Å². The van der Waals surface area contributed by atoms with Crippen molar-refractivity contribution in [1.82, 2.24) is 4.72 Å². The van der Waals surface area contributed by atoms with Crippen LogP contribution in [0.15, 0.2) is 24.3 Å². The van der Waals surface area contributed by atoms with Gasteiger partial charge in [0.2, 0.25) is 10.0 Å². The highest BCUT2D eigenvalue weighted by atomic mass is 32.2. The molecule has 1 aromatic rings. The fourth-order valence-electron chi connectivity index (χ4n) is 2.29. The van der Waals surface area contributed by atoms with Gasteiger partial charge < -0.3 is 5.11 Å². The van der Waals surface area contributed by atoms with E-state index in [2.05, 4.69) is 4.72 Å². The molecule has 1 fully saturated rings. The number of rotatable bonds is 7. The molecule has 0 spiro atoms. The highest BCUT2D eigenvalue weighted by Crippen LogP contribution is 2.28. The number of hydrogen-bond acceptors (Lipinski definition) is 3. The second-order valence-corrected chi connectivity index (χ2v) is 7.02. The standard InChI is InChI=1S/C14H21NO3S/c16-10-13-5-2-6-14(9-13)11-19(17,18)15-8-7-12-3-1-4-12/h2,5-6,9,12,15-16H,1,3-4,7-8,10-11H2. The lowest BCUT2D eigenvalue weighted by molar-refractivity contribution is 0.281. The SMILES string of the molecule is O=S(=O)(Cc1cccc(CO)c1)NCCC1CCC1. The molecule has 0 saturated heterocycles. The van der Waals surface area contributed by atoms with Gasteiger partial charge in [0.05, 0.1) is 12.4 Å². The maximum Gasteiger partial charge on any atom is 0.215 e. The lowest BCUT2D eigenvalue weighted by Crippen LogP contribution is -2.28. The average Bonchev–Trinajstić information content (AvgIpc) is 2.32. The van der Waals surface area contributed by atoms with Crippen LogP contribution in [-0.4, -0.2) is 20.1 Å². The molecule has 1 aliphatic carbocycles. The summed E-state index contributed by atoms with van der Waals surface area (Å²) in [7, 11) is -3.27. The van der Waals surface area contributed by atoms with Crippen LogP contribution in [0.4, 0.5) is 0 Å². The number of nitrogens with one attached hydrogen (secondary N) is 1. The fraction of sp³-hybridized carbons (Fsp3) is 0.571. The number of sulfonamides is 1. The van der Waals surface area contributed by atoms with Gasteiger partial charge in [0.15, 0.2) is 0 Å². The van der Waals surface area contributed by atoms with Crippen LogP contribution in [0, 0.1) is 5.92 Å². The average molecular weight is 283 g/mol. The van der Waals surface area contributed by atoms with Gasteiger partial charge >= 0.3 is 0 Å². The molecule has 4 nitrogen and oxygen atoms in total. The summed E-state index contributed by atoms with van der Waals surface area (Å²) in [4.78, 5) is 0. The Bertz CT molecular complexity index is 509. The minimum atomic E-state index is -3.27. The van der Waals surface area contributed by atoms with Crippen LogP contribution in [0.1, 0.15) is 36.8 Å². The summed E-state index contributed by atoms with van der Waals surface area (Å²) >= 11 is 0. The second kappa shape index (κ2) is 6.50. The number of hydrogen-bond donors (Lipinski definition) is 2. The maximum atomic E-state index is 11.9. The van der Waals surface area contributed by atoms with Crippen molar-refractivity contribution < 1.29 is 13.5 Å². The Balaban J connectivity index is 1.84. The molecule has 1 aromatic carbocycles. The van der Waals surface area contributed by atoms with Crippen LogP contribution in [0.2, 0.25) is 0 Å². The van der Waals surface area contributed by atoms with Gasteiger partial charge in [-0.2, -0.15) is 0 Å². The normalized spacial score (nSPS) is 16.3. The third-order valence-corrected chi connectivity index (χ3v) is 4.99. The Kier molecular flexibility index (Phi) is 4.96. The van der Waals surface area contributed by atoms with E-state index in [0.717, 1.165) is 12.0 Å². The summed E-state index contributed by atoms with van der Waals surface area (Å²) in [6.45, 7) is 0.468. The van der Waals surface area contributed by atoms with Gasteiger partial charge in [-0.05, 0) is 23.5 Å². The molecule has 0 radical (unpaired) electrons. The minimum absolute atomic E-state index is 0.0223. The molecule has 0 heterocycles. The molecule has 0 aromatic heterocycles. The summed E-state index contributed by atoms with van der Waals surface area (Å²) in [6.07, 6.45) is 4.70. The molecule has 0 bridgehead atoms. The lowest BCUT2D eigenvalue weighted by atomic mass is 9.83. The van der Waals surface area contributed by atoms with Gasteiger partial charge in [-0.15, -0.1) is 0 Å². The van der Waals surface area contributed by atoms with Crippen LogP contribution in [-0.2, 0) is 22.4 Å². The van der Waals surface area contributed by atoms with Gasteiger partial charge in [-0.3, -0.25) is 0 Å². The molecule has 1 aliphatic rings. The molecule has 2 N–H and O–H groups in total. The fourth-order valence-corrected chi connectivity index (χ4v) is 3.44. The summed E-state index contributed by atoms with van der Waals surface area (Å²) in [5.74, 6) is 0.686. The summed E-state index contributed by atoms with van der Waals surface area (Å²) in [5, 5.41) is 9.03. The van der Waals surface area contributed by atoms with Crippen molar-refractivity contribution in [1.29, 1.82) is 0 Å². The van der Waals surface area contributed by atoms with E-state index in [1.165, 1.54) is 19.3 Å². The third-order valence-electron chi connectivity index (χ3n) is 3.63. The van der Waals surface area contributed by atoms with Crippen LogP contribution in [0.3, 0.4) is 0 Å². The van der Waals surface area contributed by atoms with E-state index in [4.69, 9.17) is 5.11 Å². The smallest absolute Gasteiger partial charge is 0.215 e. The van der Waals surface area contributed by atoms with Gasteiger partial charge in [-0.1, -0.05) is 43.5 Å². The van der Waals surface area contributed by atoms with Gasteiger partial charge in [0.25, 0.3) is 0 Å². The van der Waals surface area contributed by atoms with E-state index < -0.39 is 10.0 Å². The van der Waals surface area contributed by atoms with Crippen molar-refractivity contribution in [2.75, 3.05) is 6.54 Å². The Morgan fingerprint density at radius 3 is 2.63 bits per heavy atom. The molecule has 19 heavy (non-hydrogen) atoms. The molecule has 106 valence electrons. The first-order valence-electron chi connectivity index (χ1n) is 6.75. The Morgan fingerprint density at radius 2 is 2.00 bits per heavy atom. The number of aliphatic hydroxyl groups excluding tert-OH is 1.